The van der Waals surface area contributed by atoms with Crippen LogP contribution in [0, 0.1) is 0 Å². The standard InChI is InChI=1S/C12H17NO4/c1-3-12(14)17-11-5-4-9(8-10(11)13)16-7-6-15-2/h4-5,8H,3,6-7,13H2,1-2H3. The van der Waals surface area contributed by atoms with E-state index in [0.29, 0.717) is 36.8 Å². The fraction of sp³-hybridized carbons (Fsp3) is 0.417. The van der Waals surface area contributed by atoms with Crippen molar-refractivity contribution >= 4 is 11.7 Å². The lowest BCUT2D eigenvalue weighted by atomic mass is 10.3. The molecule has 0 bridgehead atoms. The molecule has 0 amide bonds. The molecular formula is C12H17NO4. The quantitative estimate of drug-likeness (QED) is 0.353. The third kappa shape index (κ3) is 4.32. The Morgan fingerprint density at radius 3 is 2.71 bits per heavy atom. The van der Waals surface area contributed by atoms with E-state index in [2.05, 4.69) is 0 Å². The van der Waals surface area contributed by atoms with Crippen molar-refractivity contribution in [2.24, 2.45) is 0 Å². The molecule has 0 unspecified atom stereocenters. The predicted molar refractivity (Wildman–Crippen MR) is 64.2 cm³/mol. The number of esters is 1. The molecule has 0 atom stereocenters. The van der Waals surface area contributed by atoms with Crippen molar-refractivity contribution in [2.45, 2.75) is 13.3 Å². The Morgan fingerprint density at radius 2 is 2.12 bits per heavy atom. The molecule has 17 heavy (non-hydrogen) atoms. The van der Waals surface area contributed by atoms with Gasteiger partial charge in [-0.2, -0.15) is 0 Å². The highest BCUT2D eigenvalue weighted by molar-refractivity contribution is 5.74. The molecule has 0 radical (unpaired) electrons. The zero-order chi connectivity index (χ0) is 12.7. The third-order valence-electron chi connectivity index (χ3n) is 2.05. The summed E-state index contributed by atoms with van der Waals surface area (Å²) in [5.41, 5.74) is 6.12. The molecule has 2 N–H and O–H groups in total. The van der Waals surface area contributed by atoms with E-state index in [0.717, 1.165) is 0 Å². The molecule has 1 rings (SSSR count). The van der Waals surface area contributed by atoms with Crippen LogP contribution >= 0.6 is 0 Å². The van der Waals surface area contributed by atoms with Gasteiger partial charge < -0.3 is 19.9 Å². The van der Waals surface area contributed by atoms with Gasteiger partial charge in [0, 0.05) is 19.6 Å². The van der Waals surface area contributed by atoms with Crippen molar-refractivity contribution in [2.75, 3.05) is 26.1 Å². The summed E-state index contributed by atoms with van der Waals surface area (Å²) in [5.74, 6) is 0.663. The van der Waals surface area contributed by atoms with Gasteiger partial charge in [0.25, 0.3) is 0 Å². The van der Waals surface area contributed by atoms with Gasteiger partial charge in [-0.05, 0) is 12.1 Å². The molecule has 0 heterocycles. The molecule has 0 fully saturated rings. The number of methoxy groups -OCH3 is 1. The number of carbonyl (C=O) groups is 1. The molecule has 5 nitrogen and oxygen atoms in total. The van der Waals surface area contributed by atoms with Crippen LogP contribution in [0.3, 0.4) is 0 Å². The summed E-state index contributed by atoms with van der Waals surface area (Å²) < 4.78 is 15.3. The van der Waals surface area contributed by atoms with Crippen molar-refractivity contribution in [1.82, 2.24) is 0 Å². The summed E-state index contributed by atoms with van der Waals surface area (Å²) in [6, 6.07) is 4.93. The number of hydrogen-bond acceptors (Lipinski definition) is 5. The lowest BCUT2D eigenvalue weighted by Gasteiger charge is -2.09. The lowest BCUT2D eigenvalue weighted by molar-refractivity contribution is -0.133. The number of ether oxygens (including phenoxy) is 3. The fourth-order valence-electron chi connectivity index (χ4n) is 1.15. The topological polar surface area (TPSA) is 70.8 Å². The smallest absolute Gasteiger partial charge is 0.310 e. The first-order valence-corrected chi connectivity index (χ1v) is 5.39. The van der Waals surface area contributed by atoms with E-state index in [4.69, 9.17) is 19.9 Å². The Bertz CT molecular complexity index is 379. The zero-order valence-electron chi connectivity index (χ0n) is 10.1. The van der Waals surface area contributed by atoms with E-state index < -0.39 is 0 Å². The number of nitrogens with two attached hydrogens (primary N) is 1. The minimum Gasteiger partial charge on any atom is -0.491 e. The fourth-order valence-corrected chi connectivity index (χ4v) is 1.15. The van der Waals surface area contributed by atoms with Gasteiger partial charge in [-0.3, -0.25) is 4.79 Å². The van der Waals surface area contributed by atoms with Gasteiger partial charge >= 0.3 is 5.97 Å². The average Bonchev–Trinajstić information content (AvgIpc) is 2.32. The Kier molecular flexibility index (Phi) is 5.29. The van der Waals surface area contributed by atoms with Crippen LogP contribution in [0.25, 0.3) is 0 Å². The number of rotatable bonds is 6. The molecule has 0 aliphatic heterocycles. The van der Waals surface area contributed by atoms with Gasteiger partial charge in [0.05, 0.1) is 12.3 Å². The van der Waals surface area contributed by atoms with Crippen LogP contribution in [-0.2, 0) is 9.53 Å². The van der Waals surface area contributed by atoms with Crippen molar-refractivity contribution in [3.63, 3.8) is 0 Å². The van der Waals surface area contributed by atoms with Gasteiger partial charge in [-0.25, -0.2) is 0 Å². The van der Waals surface area contributed by atoms with Gasteiger partial charge in [-0.15, -0.1) is 0 Å². The van der Waals surface area contributed by atoms with E-state index in [-0.39, 0.29) is 5.97 Å². The molecule has 94 valence electrons. The van der Waals surface area contributed by atoms with Crippen LogP contribution in [0.5, 0.6) is 11.5 Å². The van der Waals surface area contributed by atoms with Gasteiger partial charge in [0.1, 0.15) is 12.4 Å². The van der Waals surface area contributed by atoms with E-state index >= 15 is 0 Å². The van der Waals surface area contributed by atoms with E-state index in [1.54, 1.807) is 32.2 Å². The maximum Gasteiger partial charge on any atom is 0.310 e. The number of carbonyl (C=O) groups excluding carboxylic acids is 1. The highest BCUT2D eigenvalue weighted by atomic mass is 16.5. The van der Waals surface area contributed by atoms with Crippen LogP contribution in [0.4, 0.5) is 5.69 Å². The average molecular weight is 239 g/mol. The molecule has 0 spiro atoms. The van der Waals surface area contributed by atoms with Crippen LogP contribution < -0.4 is 15.2 Å². The second kappa shape index (κ2) is 6.75. The maximum atomic E-state index is 11.1. The Labute approximate surface area is 100 Å². The van der Waals surface area contributed by atoms with Crippen molar-refractivity contribution in [1.29, 1.82) is 0 Å². The first-order valence-electron chi connectivity index (χ1n) is 5.39. The number of nitrogen functional groups attached to an aromatic ring is 1. The van der Waals surface area contributed by atoms with Crippen molar-refractivity contribution in [3.05, 3.63) is 18.2 Å². The SMILES string of the molecule is CCC(=O)Oc1ccc(OCCOC)cc1N. The summed E-state index contributed by atoms with van der Waals surface area (Å²) in [5, 5.41) is 0. The summed E-state index contributed by atoms with van der Waals surface area (Å²) in [7, 11) is 1.60. The van der Waals surface area contributed by atoms with Crippen molar-refractivity contribution in [3.8, 4) is 11.5 Å². The second-order valence-corrected chi connectivity index (χ2v) is 3.37. The van der Waals surface area contributed by atoms with E-state index in [1.807, 2.05) is 0 Å². The van der Waals surface area contributed by atoms with Gasteiger partial charge in [0.15, 0.2) is 5.75 Å². The predicted octanol–water partition coefficient (Wildman–Crippen LogP) is 1.61. The lowest BCUT2D eigenvalue weighted by Crippen LogP contribution is -2.08. The highest BCUT2D eigenvalue weighted by Crippen LogP contribution is 2.26. The minimum absolute atomic E-state index is 0.311. The number of anilines is 1. The number of hydrogen-bond donors (Lipinski definition) is 1. The first-order chi connectivity index (χ1) is 8.17. The molecular weight excluding hydrogens is 222 g/mol. The molecule has 0 aromatic heterocycles. The van der Waals surface area contributed by atoms with Gasteiger partial charge in [-0.1, -0.05) is 6.92 Å². The van der Waals surface area contributed by atoms with Crippen LogP contribution in [-0.4, -0.2) is 26.3 Å². The van der Waals surface area contributed by atoms with Crippen LogP contribution in [0.15, 0.2) is 18.2 Å². The highest BCUT2D eigenvalue weighted by Gasteiger charge is 2.06. The third-order valence-corrected chi connectivity index (χ3v) is 2.05. The monoisotopic (exact) mass is 239 g/mol. The van der Waals surface area contributed by atoms with Crippen molar-refractivity contribution < 1.29 is 19.0 Å². The van der Waals surface area contributed by atoms with E-state index in [9.17, 15) is 4.79 Å². The molecule has 1 aromatic carbocycles. The molecule has 0 saturated heterocycles. The summed E-state index contributed by atoms with van der Waals surface area (Å²) >= 11 is 0. The molecule has 0 saturated carbocycles. The molecule has 0 aliphatic carbocycles. The Morgan fingerprint density at radius 1 is 1.35 bits per heavy atom. The molecule has 5 heteroatoms. The first kappa shape index (κ1) is 13.3. The second-order valence-electron chi connectivity index (χ2n) is 3.37. The maximum absolute atomic E-state index is 11.1. The van der Waals surface area contributed by atoms with E-state index in [1.165, 1.54) is 0 Å². The number of benzene rings is 1. The summed E-state index contributed by atoms with van der Waals surface area (Å²) in [6.45, 7) is 2.68. The molecule has 1 aromatic rings. The Hall–Kier alpha value is -1.75. The summed E-state index contributed by atoms with van der Waals surface area (Å²) in [6.07, 6.45) is 0.311. The minimum atomic E-state index is -0.315. The largest absolute Gasteiger partial charge is 0.491 e. The van der Waals surface area contributed by atoms with Crippen LogP contribution in [0.2, 0.25) is 0 Å². The zero-order valence-corrected chi connectivity index (χ0v) is 10.1. The normalized spacial score (nSPS) is 10.0. The summed E-state index contributed by atoms with van der Waals surface area (Å²) in [4.78, 5) is 11.1. The molecule has 0 aliphatic rings. The van der Waals surface area contributed by atoms with Crippen LogP contribution in [0.1, 0.15) is 13.3 Å². The Balaban J connectivity index is 2.62. The van der Waals surface area contributed by atoms with Gasteiger partial charge in [0.2, 0.25) is 0 Å².